The molecular formula is C16H13N3O3S. The normalized spacial score (nSPS) is 10.7. The molecule has 2 aromatic heterocycles. The third kappa shape index (κ3) is 2.91. The third-order valence-corrected chi connectivity index (χ3v) is 4.15. The number of anilines is 1. The molecule has 0 radical (unpaired) electrons. The smallest absolute Gasteiger partial charge is 0.348 e. The lowest BCUT2D eigenvalue weighted by molar-refractivity contribution is 0.0532. The number of hydrogen-bond acceptors (Lipinski definition) is 7. The quantitative estimate of drug-likeness (QED) is 0.585. The van der Waals surface area contributed by atoms with Gasteiger partial charge < -0.3 is 10.5 Å². The predicted molar refractivity (Wildman–Crippen MR) is 87.7 cm³/mol. The zero-order valence-electron chi connectivity index (χ0n) is 12.3. The van der Waals surface area contributed by atoms with E-state index >= 15 is 0 Å². The van der Waals surface area contributed by atoms with Crippen LogP contribution in [0.3, 0.4) is 0 Å². The fourth-order valence-corrected chi connectivity index (χ4v) is 3.07. The number of nitrogens with zero attached hydrogens (tertiary/aromatic N) is 2. The summed E-state index contributed by atoms with van der Waals surface area (Å²) in [5.74, 6) is -0.723. The highest BCUT2D eigenvalue weighted by Gasteiger charge is 2.20. The van der Waals surface area contributed by atoms with E-state index in [0.717, 1.165) is 11.3 Å². The van der Waals surface area contributed by atoms with E-state index < -0.39 is 5.97 Å². The van der Waals surface area contributed by atoms with Crippen LogP contribution in [0.15, 0.2) is 36.4 Å². The topological polar surface area (TPSA) is 95.2 Å². The maximum atomic E-state index is 12.7. The first-order chi connectivity index (χ1) is 11.1. The van der Waals surface area contributed by atoms with Gasteiger partial charge >= 0.3 is 5.97 Å². The van der Waals surface area contributed by atoms with Crippen LogP contribution in [-0.4, -0.2) is 28.3 Å². The van der Waals surface area contributed by atoms with E-state index in [2.05, 4.69) is 9.97 Å². The van der Waals surface area contributed by atoms with Gasteiger partial charge in [0.15, 0.2) is 0 Å². The Bertz CT molecular complexity index is 890. The Morgan fingerprint density at radius 1 is 1.22 bits per heavy atom. The minimum Gasteiger partial charge on any atom is -0.462 e. The Kier molecular flexibility index (Phi) is 4.03. The second kappa shape index (κ2) is 6.13. The van der Waals surface area contributed by atoms with Gasteiger partial charge in [-0.2, -0.15) is 0 Å². The molecule has 0 unspecified atom stereocenters. The van der Waals surface area contributed by atoms with Crippen molar-refractivity contribution < 1.29 is 14.3 Å². The molecule has 2 N–H and O–H groups in total. The number of ether oxygens (including phenoxy) is 1. The van der Waals surface area contributed by atoms with Gasteiger partial charge in [-0.05, 0) is 13.0 Å². The predicted octanol–water partition coefficient (Wildman–Crippen LogP) is 2.68. The zero-order chi connectivity index (χ0) is 16.4. The largest absolute Gasteiger partial charge is 0.462 e. The summed E-state index contributed by atoms with van der Waals surface area (Å²) in [5, 5.41) is 0.501. The molecule has 0 spiro atoms. The molecule has 0 bridgehead atoms. The lowest BCUT2D eigenvalue weighted by Crippen LogP contribution is -2.07. The first kappa shape index (κ1) is 15.1. The number of ketones is 1. The molecule has 6 nitrogen and oxygen atoms in total. The molecule has 23 heavy (non-hydrogen) atoms. The van der Waals surface area contributed by atoms with Crippen LogP contribution in [0.25, 0.3) is 10.2 Å². The number of carbonyl (C=O) groups is 2. The first-order valence-electron chi connectivity index (χ1n) is 6.94. The maximum absolute atomic E-state index is 12.7. The van der Waals surface area contributed by atoms with Crippen molar-refractivity contribution in [1.29, 1.82) is 0 Å². The highest BCUT2D eigenvalue weighted by atomic mass is 32.1. The number of thiophene rings is 1. The van der Waals surface area contributed by atoms with Crippen molar-refractivity contribution in [2.75, 3.05) is 12.3 Å². The lowest BCUT2D eigenvalue weighted by Gasteiger charge is -2.02. The molecule has 7 heteroatoms. The molecule has 3 rings (SSSR count). The van der Waals surface area contributed by atoms with Gasteiger partial charge in [-0.15, -0.1) is 11.3 Å². The molecule has 1 aromatic carbocycles. The van der Waals surface area contributed by atoms with E-state index in [1.54, 1.807) is 37.3 Å². The Hall–Kier alpha value is -2.80. The lowest BCUT2D eigenvalue weighted by atomic mass is 10.1. The minimum atomic E-state index is -0.452. The summed E-state index contributed by atoms with van der Waals surface area (Å²) in [4.78, 5) is 33.6. The van der Waals surface area contributed by atoms with Crippen LogP contribution in [0.5, 0.6) is 0 Å². The Balaban J connectivity index is 2.13. The summed E-state index contributed by atoms with van der Waals surface area (Å²) in [6.45, 7) is 2.00. The van der Waals surface area contributed by atoms with Gasteiger partial charge in [0.05, 0.1) is 6.61 Å². The number of fused-ring (bicyclic) bond motifs is 1. The number of rotatable bonds is 4. The second-order valence-corrected chi connectivity index (χ2v) is 5.71. The number of carbonyl (C=O) groups excluding carboxylic acids is 2. The molecule has 0 fully saturated rings. The van der Waals surface area contributed by atoms with Crippen LogP contribution < -0.4 is 5.73 Å². The van der Waals surface area contributed by atoms with Crippen molar-refractivity contribution in [3.8, 4) is 0 Å². The highest BCUT2D eigenvalue weighted by molar-refractivity contribution is 7.20. The van der Waals surface area contributed by atoms with Gasteiger partial charge in [-0.3, -0.25) is 4.79 Å². The summed E-state index contributed by atoms with van der Waals surface area (Å²) in [7, 11) is 0. The van der Waals surface area contributed by atoms with Crippen LogP contribution in [0.2, 0.25) is 0 Å². The monoisotopic (exact) mass is 327 g/mol. The van der Waals surface area contributed by atoms with Crippen molar-refractivity contribution in [2.45, 2.75) is 6.92 Å². The average Bonchev–Trinajstić information content (AvgIpc) is 2.98. The molecule has 2 heterocycles. The van der Waals surface area contributed by atoms with Crippen LogP contribution >= 0.6 is 11.3 Å². The van der Waals surface area contributed by atoms with E-state index in [1.165, 1.54) is 0 Å². The van der Waals surface area contributed by atoms with Gasteiger partial charge in [0.25, 0.3) is 0 Å². The van der Waals surface area contributed by atoms with Crippen LogP contribution in [0.1, 0.15) is 32.6 Å². The second-order valence-electron chi connectivity index (χ2n) is 4.68. The summed E-state index contributed by atoms with van der Waals surface area (Å²) in [6.07, 6.45) is 0. The number of esters is 1. The van der Waals surface area contributed by atoms with E-state index in [-0.39, 0.29) is 24.0 Å². The maximum Gasteiger partial charge on any atom is 0.348 e. The van der Waals surface area contributed by atoms with Crippen molar-refractivity contribution in [1.82, 2.24) is 9.97 Å². The molecule has 0 atom stereocenters. The van der Waals surface area contributed by atoms with E-state index in [9.17, 15) is 9.59 Å². The molecule has 0 saturated carbocycles. The van der Waals surface area contributed by atoms with Crippen molar-refractivity contribution in [3.05, 3.63) is 52.5 Å². The van der Waals surface area contributed by atoms with Crippen molar-refractivity contribution in [2.24, 2.45) is 0 Å². The number of nitrogen functional groups attached to an aromatic ring is 1. The molecule has 0 aliphatic rings. The molecule has 0 amide bonds. The standard InChI is InChI=1S/C16H13N3O3S/c1-2-22-15(21)11-8-10-12(18-16(17)19-14(10)23-11)13(20)9-6-4-3-5-7-9/h3-8H,2H2,1H3,(H2,17,18,19). The van der Waals surface area contributed by atoms with Gasteiger partial charge in [-0.1, -0.05) is 30.3 Å². The fraction of sp³-hybridized carbons (Fsp3) is 0.125. The molecular weight excluding hydrogens is 314 g/mol. The first-order valence-corrected chi connectivity index (χ1v) is 7.75. The van der Waals surface area contributed by atoms with E-state index in [4.69, 9.17) is 10.5 Å². The average molecular weight is 327 g/mol. The van der Waals surface area contributed by atoms with Gasteiger partial charge in [-0.25, -0.2) is 14.8 Å². The van der Waals surface area contributed by atoms with Gasteiger partial charge in [0.1, 0.15) is 15.4 Å². The number of nitrogens with two attached hydrogens (primary N) is 1. The molecule has 3 aromatic rings. The molecule has 0 saturated heterocycles. The summed E-state index contributed by atoms with van der Waals surface area (Å²) < 4.78 is 4.98. The van der Waals surface area contributed by atoms with E-state index in [1.807, 2.05) is 6.07 Å². The summed E-state index contributed by atoms with van der Waals surface area (Å²) >= 11 is 1.13. The number of aromatic nitrogens is 2. The number of hydrogen-bond donors (Lipinski definition) is 1. The van der Waals surface area contributed by atoms with E-state index in [0.29, 0.717) is 20.7 Å². The minimum absolute atomic E-state index is 0.00552. The highest BCUT2D eigenvalue weighted by Crippen LogP contribution is 2.28. The molecule has 0 aliphatic carbocycles. The Labute approximate surface area is 135 Å². The summed E-state index contributed by atoms with van der Waals surface area (Å²) in [5.41, 5.74) is 6.38. The molecule has 0 aliphatic heterocycles. The van der Waals surface area contributed by atoms with Crippen molar-refractivity contribution in [3.63, 3.8) is 0 Å². The van der Waals surface area contributed by atoms with Crippen molar-refractivity contribution >= 4 is 39.3 Å². The SMILES string of the molecule is CCOC(=O)c1cc2c(C(=O)c3ccccc3)nc(N)nc2s1. The Morgan fingerprint density at radius 3 is 2.65 bits per heavy atom. The third-order valence-electron chi connectivity index (χ3n) is 3.14. The summed E-state index contributed by atoms with van der Waals surface area (Å²) in [6, 6.07) is 10.3. The van der Waals surface area contributed by atoms with Gasteiger partial charge in [0, 0.05) is 10.9 Å². The fourth-order valence-electron chi connectivity index (χ4n) is 2.14. The zero-order valence-corrected chi connectivity index (χ0v) is 13.1. The Morgan fingerprint density at radius 2 is 1.96 bits per heavy atom. The number of benzene rings is 1. The molecule has 116 valence electrons. The van der Waals surface area contributed by atoms with Crippen LogP contribution in [0, 0.1) is 0 Å². The van der Waals surface area contributed by atoms with Crippen LogP contribution in [-0.2, 0) is 4.74 Å². The van der Waals surface area contributed by atoms with Crippen LogP contribution in [0.4, 0.5) is 5.95 Å². The van der Waals surface area contributed by atoms with Gasteiger partial charge in [0.2, 0.25) is 11.7 Å².